The quantitative estimate of drug-likeness (QED) is 0.858. The van der Waals surface area contributed by atoms with Crippen LogP contribution in [-0.2, 0) is 6.42 Å². The van der Waals surface area contributed by atoms with Gasteiger partial charge in [0.1, 0.15) is 5.75 Å². The molecule has 0 saturated heterocycles. The maximum atomic E-state index is 5.57. The second kappa shape index (κ2) is 6.15. The predicted octanol–water partition coefficient (Wildman–Crippen LogP) is 2.70. The third-order valence-corrected chi connectivity index (χ3v) is 3.67. The molecule has 4 heteroatoms. The van der Waals surface area contributed by atoms with E-state index in [1.165, 1.54) is 11.1 Å². The summed E-state index contributed by atoms with van der Waals surface area (Å²) < 4.78 is 16.5. The van der Waals surface area contributed by atoms with E-state index < -0.39 is 0 Å². The topological polar surface area (TPSA) is 39.7 Å². The Kier molecular flexibility index (Phi) is 4.53. The molecule has 0 spiro atoms. The first kappa shape index (κ1) is 14.0. The van der Waals surface area contributed by atoms with Crippen LogP contribution in [-0.4, -0.2) is 27.9 Å². The molecule has 0 aliphatic heterocycles. The Bertz CT molecular complexity index is 446. The lowest BCUT2D eigenvalue weighted by molar-refractivity contribution is 0.342. The summed E-state index contributed by atoms with van der Waals surface area (Å²) in [4.78, 5) is 0. The molecule has 0 heterocycles. The SMILES string of the molecule is CCCNC1CCc2c(OC)cc(OC)c(OC)c21. The normalized spacial score (nSPS) is 17.2. The first-order chi connectivity index (χ1) is 9.26. The Balaban J connectivity index is 2.47. The van der Waals surface area contributed by atoms with Gasteiger partial charge in [-0.2, -0.15) is 0 Å². The molecule has 1 unspecified atom stereocenters. The molecule has 0 aromatic heterocycles. The van der Waals surface area contributed by atoms with Gasteiger partial charge in [0.05, 0.1) is 21.3 Å². The van der Waals surface area contributed by atoms with Gasteiger partial charge in [0.25, 0.3) is 0 Å². The van der Waals surface area contributed by atoms with Gasteiger partial charge in [-0.05, 0) is 25.8 Å². The van der Waals surface area contributed by atoms with Crippen LogP contribution in [0.4, 0.5) is 0 Å². The third-order valence-electron chi connectivity index (χ3n) is 3.67. The van der Waals surface area contributed by atoms with Gasteiger partial charge in [-0.25, -0.2) is 0 Å². The first-order valence-corrected chi connectivity index (χ1v) is 6.81. The zero-order chi connectivity index (χ0) is 13.8. The summed E-state index contributed by atoms with van der Waals surface area (Å²) in [5.41, 5.74) is 2.45. The van der Waals surface area contributed by atoms with Crippen molar-refractivity contribution in [3.05, 3.63) is 17.2 Å². The number of benzene rings is 1. The van der Waals surface area contributed by atoms with Gasteiger partial charge in [0.15, 0.2) is 11.5 Å². The molecule has 4 nitrogen and oxygen atoms in total. The highest BCUT2D eigenvalue weighted by Gasteiger charge is 2.31. The van der Waals surface area contributed by atoms with Crippen LogP contribution in [0.2, 0.25) is 0 Å². The smallest absolute Gasteiger partial charge is 0.166 e. The summed E-state index contributed by atoms with van der Waals surface area (Å²) in [6.45, 7) is 3.18. The molecule has 1 atom stereocenters. The molecule has 106 valence electrons. The summed E-state index contributed by atoms with van der Waals surface area (Å²) in [7, 11) is 5.06. The Hall–Kier alpha value is -1.42. The van der Waals surface area contributed by atoms with Crippen molar-refractivity contribution in [1.29, 1.82) is 0 Å². The highest BCUT2D eigenvalue weighted by Crippen LogP contribution is 2.47. The van der Waals surface area contributed by atoms with Crippen molar-refractivity contribution in [2.75, 3.05) is 27.9 Å². The standard InChI is InChI=1S/C15H23NO3/c1-5-8-16-11-7-6-10-12(17-2)9-13(18-3)15(19-4)14(10)11/h9,11,16H,5-8H2,1-4H3. The summed E-state index contributed by atoms with van der Waals surface area (Å²) in [5.74, 6) is 2.47. The van der Waals surface area contributed by atoms with E-state index in [0.717, 1.165) is 43.1 Å². The fourth-order valence-corrected chi connectivity index (χ4v) is 2.80. The van der Waals surface area contributed by atoms with Crippen LogP contribution in [0.3, 0.4) is 0 Å². The van der Waals surface area contributed by atoms with Gasteiger partial charge in [-0.15, -0.1) is 0 Å². The van der Waals surface area contributed by atoms with Crippen molar-refractivity contribution in [3.63, 3.8) is 0 Å². The van der Waals surface area contributed by atoms with E-state index in [0.29, 0.717) is 6.04 Å². The average molecular weight is 265 g/mol. The minimum atomic E-state index is 0.328. The van der Waals surface area contributed by atoms with Crippen molar-refractivity contribution in [1.82, 2.24) is 5.32 Å². The molecule has 0 amide bonds. The molecule has 0 fully saturated rings. The molecule has 1 aromatic rings. The van der Waals surface area contributed by atoms with Crippen molar-refractivity contribution < 1.29 is 14.2 Å². The molecule has 0 saturated carbocycles. The van der Waals surface area contributed by atoms with Gasteiger partial charge < -0.3 is 19.5 Å². The number of hydrogen-bond donors (Lipinski definition) is 1. The van der Waals surface area contributed by atoms with Crippen molar-refractivity contribution in [2.24, 2.45) is 0 Å². The van der Waals surface area contributed by atoms with Gasteiger partial charge in [0, 0.05) is 23.2 Å². The summed E-state index contributed by atoms with van der Waals surface area (Å²) in [6, 6.07) is 2.24. The molecule has 1 aliphatic carbocycles. The van der Waals surface area contributed by atoms with E-state index in [9.17, 15) is 0 Å². The third kappa shape index (κ3) is 2.50. The van der Waals surface area contributed by atoms with Crippen LogP contribution >= 0.6 is 0 Å². The lowest BCUT2D eigenvalue weighted by Gasteiger charge is -2.20. The van der Waals surface area contributed by atoms with E-state index in [2.05, 4.69) is 12.2 Å². The maximum Gasteiger partial charge on any atom is 0.166 e. The molecule has 0 bridgehead atoms. The molecule has 19 heavy (non-hydrogen) atoms. The van der Waals surface area contributed by atoms with Gasteiger partial charge in [-0.3, -0.25) is 0 Å². The molecular formula is C15H23NO3. The average Bonchev–Trinajstić information content (AvgIpc) is 2.87. The van der Waals surface area contributed by atoms with E-state index in [1.54, 1.807) is 21.3 Å². The van der Waals surface area contributed by atoms with Gasteiger partial charge in [-0.1, -0.05) is 6.92 Å². The molecule has 1 aliphatic rings. The van der Waals surface area contributed by atoms with Gasteiger partial charge in [0.2, 0.25) is 0 Å². The fourth-order valence-electron chi connectivity index (χ4n) is 2.80. The van der Waals surface area contributed by atoms with Crippen molar-refractivity contribution in [3.8, 4) is 17.2 Å². The first-order valence-electron chi connectivity index (χ1n) is 6.81. The monoisotopic (exact) mass is 265 g/mol. The Morgan fingerprint density at radius 1 is 1.16 bits per heavy atom. The Morgan fingerprint density at radius 3 is 2.47 bits per heavy atom. The molecular weight excluding hydrogens is 242 g/mol. The second-order valence-electron chi connectivity index (χ2n) is 4.75. The lowest BCUT2D eigenvalue weighted by Crippen LogP contribution is -2.20. The fraction of sp³-hybridized carbons (Fsp3) is 0.600. The number of hydrogen-bond acceptors (Lipinski definition) is 4. The Morgan fingerprint density at radius 2 is 1.89 bits per heavy atom. The zero-order valence-electron chi connectivity index (χ0n) is 12.2. The van der Waals surface area contributed by atoms with Crippen molar-refractivity contribution in [2.45, 2.75) is 32.2 Å². The number of rotatable bonds is 6. The van der Waals surface area contributed by atoms with Crippen molar-refractivity contribution >= 4 is 0 Å². The summed E-state index contributed by atoms with van der Waals surface area (Å²) >= 11 is 0. The number of nitrogens with one attached hydrogen (secondary N) is 1. The van der Waals surface area contributed by atoms with E-state index in [-0.39, 0.29) is 0 Å². The highest BCUT2D eigenvalue weighted by molar-refractivity contribution is 5.60. The van der Waals surface area contributed by atoms with E-state index >= 15 is 0 Å². The van der Waals surface area contributed by atoms with Crippen LogP contribution in [0.15, 0.2) is 6.07 Å². The van der Waals surface area contributed by atoms with Crippen LogP contribution in [0.25, 0.3) is 0 Å². The molecule has 1 N–H and O–H groups in total. The van der Waals surface area contributed by atoms with Crippen LogP contribution in [0.1, 0.15) is 36.9 Å². The van der Waals surface area contributed by atoms with Crippen LogP contribution in [0, 0.1) is 0 Å². The number of ether oxygens (including phenoxy) is 3. The van der Waals surface area contributed by atoms with Crippen LogP contribution < -0.4 is 19.5 Å². The highest BCUT2D eigenvalue weighted by atomic mass is 16.5. The summed E-state index contributed by atoms with van der Waals surface area (Å²) in [6.07, 6.45) is 3.21. The summed E-state index contributed by atoms with van der Waals surface area (Å²) in [5, 5.41) is 3.57. The predicted molar refractivity (Wildman–Crippen MR) is 75.5 cm³/mol. The molecule has 1 aromatic carbocycles. The minimum Gasteiger partial charge on any atom is -0.496 e. The molecule has 2 rings (SSSR count). The zero-order valence-corrected chi connectivity index (χ0v) is 12.2. The number of fused-ring (bicyclic) bond motifs is 1. The van der Waals surface area contributed by atoms with E-state index in [1.807, 2.05) is 6.07 Å². The Labute approximate surface area is 115 Å². The maximum absolute atomic E-state index is 5.57. The lowest BCUT2D eigenvalue weighted by atomic mass is 10.0. The largest absolute Gasteiger partial charge is 0.496 e. The van der Waals surface area contributed by atoms with Crippen LogP contribution in [0.5, 0.6) is 17.2 Å². The number of methoxy groups -OCH3 is 3. The van der Waals surface area contributed by atoms with Gasteiger partial charge >= 0.3 is 0 Å². The van der Waals surface area contributed by atoms with E-state index in [4.69, 9.17) is 14.2 Å². The molecule has 0 radical (unpaired) electrons. The second-order valence-corrected chi connectivity index (χ2v) is 4.75. The minimum absolute atomic E-state index is 0.328.